The first-order chi connectivity index (χ1) is 10.6. The molecule has 6 heteroatoms. The number of anilines is 1. The van der Waals surface area contributed by atoms with Gasteiger partial charge >= 0.3 is 0 Å². The molecule has 5 atom stereocenters. The number of aliphatic carboxylic acids is 1. The van der Waals surface area contributed by atoms with E-state index in [-0.39, 0.29) is 5.91 Å². The van der Waals surface area contributed by atoms with Crippen LogP contribution in [-0.2, 0) is 25.7 Å². The number of benzene rings is 1. The summed E-state index contributed by atoms with van der Waals surface area (Å²) in [6.45, 7) is 0.372. The van der Waals surface area contributed by atoms with Gasteiger partial charge in [-0.3, -0.25) is 9.69 Å². The maximum absolute atomic E-state index is 12.9. The largest absolute Gasteiger partial charge is 0.550 e. The zero-order chi connectivity index (χ0) is 15.1. The quantitative estimate of drug-likeness (QED) is 0.658. The van der Waals surface area contributed by atoms with E-state index in [1.165, 1.54) is 0 Å². The van der Waals surface area contributed by atoms with Gasteiger partial charge in [-0.2, -0.15) is 0 Å². The highest BCUT2D eigenvalue weighted by Crippen LogP contribution is 2.57. The predicted molar refractivity (Wildman–Crippen MR) is 71.2 cm³/mol. The number of carbonyl (C=O) groups is 2. The van der Waals surface area contributed by atoms with E-state index in [1.54, 1.807) is 17.1 Å². The van der Waals surface area contributed by atoms with Crippen molar-refractivity contribution in [3.63, 3.8) is 0 Å². The van der Waals surface area contributed by atoms with Crippen LogP contribution in [0.25, 0.3) is 0 Å². The third kappa shape index (κ3) is 1.20. The van der Waals surface area contributed by atoms with Crippen LogP contribution in [-0.4, -0.2) is 29.8 Å². The van der Waals surface area contributed by atoms with Crippen molar-refractivity contribution >= 4 is 17.6 Å². The van der Waals surface area contributed by atoms with E-state index in [2.05, 4.69) is 0 Å². The molecule has 0 unspecified atom stereocenters. The molecule has 112 valence electrons. The fourth-order valence-electron chi connectivity index (χ4n) is 4.26. The lowest BCUT2D eigenvalue weighted by Crippen LogP contribution is -2.49. The van der Waals surface area contributed by atoms with Crippen LogP contribution >= 0.6 is 0 Å². The van der Waals surface area contributed by atoms with E-state index in [0.717, 1.165) is 11.3 Å². The van der Waals surface area contributed by atoms with Crippen LogP contribution in [0.2, 0.25) is 0 Å². The Bertz CT molecular complexity index is 744. The van der Waals surface area contributed by atoms with Gasteiger partial charge in [0.2, 0.25) is 5.91 Å². The average molecular weight is 298 g/mol. The third-order valence-corrected chi connectivity index (χ3v) is 5.13. The summed E-state index contributed by atoms with van der Waals surface area (Å²) >= 11 is 0. The summed E-state index contributed by atoms with van der Waals surface area (Å²) in [6.07, 6.45) is 2.27. The average Bonchev–Trinajstić information content (AvgIpc) is 3.16. The fourth-order valence-corrected chi connectivity index (χ4v) is 4.26. The molecule has 0 aliphatic carbocycles. The van der Waals surface area contributed by atoms with Gasteiger partial charge in [0.25, 0.3) is 0 Å². The summed E-state index contributed by atoms with van der Waals surface area (Å²) in [6, 6.07) is 7.48. The molecule has 1 aromatic rings. The summed E-state index contributed by atoms with van der Waals surface area (Å²) in [7, 11) is 0. The molecular formula is C16H12NO5-. The molecule has 1 aromatic carbocycles. The van der Waals surface area contributed by atoms with Crippen molar-refractivity contribution in [3.8, 4) is 0 Å². The van der Waals surface area contributed by atoms with E-state index in [9.17, 15) is 14.7 Å². The second-order valence-electron chi connectivity index (χ2n) is 6.12. The molecule has 4 heterocycles. The highest BCUT2D eigenvalue weighted by atomic mass is 16.6. The first-order valence-corrected chi connectivity index (χ1v) is 7.24. The summed E-state index contributed by atoms with van der Waals surface area (Å²) in [4.78, 5) is 26.0. The van der Waals surface area contributed by atoms with E-state index in [1.807, 2.05) is 24.3 Å². The summed E-state index contributed by atoms with van der Waals surface area (Å²) in [5.41, 5.74) is 0.664. The molecule has 1 spiro atoms. The van der Waals surface area contributed by atoms with Gasteiger partial charge in [-0.25, -0.2) is 0 Å². The van der Waals surface area contributed by atoms with Crippen molar-refractivity contribution in [1.29, 1.82) is 0 Å². The standard InChI is InChI=1S/C16H13NO5/c18-13-12-11(14(19)20)10-5-6-16(12,22-10)15-17(13)9-4-2-1-3-8(9)7-21-15/h1-6,10-12,15H,7H2,(H,19,20)/p-1/t10-,11-,12+,15+,16+/m1/s1. The zero-order valence-corrected chi connectivity index (χ0v) is 11.5. The minimum Gasteiger partial charge on any atom is -0.550 e. The molecule has 6 nitrogen and oxygen atoms in total. The number of carbonyl (C=O) groups excluding carboxylic acids is 2. The summed E-state index contributed by atoms with van der Waals surface area (Å²) in [5.74, 6) is -3.26. The Morgan fingerprint density at radius 1 is 1.36 bits per heavy atom. The lowest BCUT2D eigenvalue weighted by atomic mass is 9.76. The first-order valence-electron chi connectivity index (χ1n) is 7.24. The van der Waals surface area contributed by atoms with Crippen LogP contribution in [0.3, 0.4) is 0 Å². The molecule has 5 rings (SSSR count). The van der Waals surface area contributed by atoms with Crippen LogP contribution in [0.15, 0.2) is 36.4 Å². The number of hydrogen-bond donors (Lipinski definition) is 0. The Kier molecular flexibility index (Phi) is 2.12. The smallest absolute Gasteiger partial charge is 0.236 e. The number of fused-ring (bicyclic) bond motifs is 4. The Labute approximate surface area is 125 Å². The van der Waals surface area contributed by atoms with Gasteiger partial charge in [-0.1, -0.05) is 24.3 Å². The van der Waals surface area contributed by atoms with Crippen molar-refractivity contribution in [2.24, 2.45) is 11.8 Å². The van der Waals surface area contributed by atoms with E-state index in [0.29, 0.717) is 6.61 Å². The lowest BCUT2D eigenvalue weighted by Gasteiger charge is -2.37. The third-order valence-electron chi connectivity index (χ3n) is 5.13. The van der Waals surface area contributed by atoms with Gasteiger partial charge in [0.05, 0.1) is 24.3 Å². The molecule has 0 N–H and O–H groups in total. The fraction of sp³-hybridized carbons (Fsp3) is 0.375. The van der Waals surface area contributed by atoms with E-state index >= 15 is 0 Å². The van der Waals surface area contributed by atoms with Crippen LogP contribution < -0.4 is 10.0 Å². The molecule has 2 bridgehead atoms. The van der Waals surface area contributed by atoms with Crippen LogP contribution in [0.1, 0.15) is 5.56 Å². The number of hydrogen-bond acceptors (Lipinski definition) is 5. The first kappa shape index (κ1) is 12.4. The molecule has 4 aliphatic heterocycles. The van der Waals surface area contributed by atoms with Crippen molar-refractivity contribution in [2.45, 2.75) is 24.5 Å². The van der Waals surface area contributed by atoms with Crippen molar-refractivity contribution < 1.29 is 24.2 Å². The minimum atomic E-state index is -1.25. The number of para-hydroxylation sites is 1. The topological polar surface area (TPSA) is 78.9 Å². The highest BCUT2D eigenvalue weighted by Gasteiger charge is 2.71. The maximum atomic E-state index is 12.9. The summed E-state index contributed by atoms with van der Waals surface area (Å²) in [5, 5.41) is 11.5. The number of carboxylic acid groups (broad SMARTS) is 1. The molecule has 2 fully saturated rings. The number of nitrogens with zero attached hydrogens (tertiary/aromatic N) is 1. The predicted octanol–water partition coefficient (Wildman–Crippen LogP) is -0.421. The Morgan fingerprint density at radius 3 is 3.00 bits per heavy atom. The van der Waals surface area contributed by atoms with Gasteiger partial charge in [0.1, 0.15) is 5.60 Å². The van der Waals surface area contributed by atoms with Gasteiger partial charge < -0.3 is 19.4 Å². The van der Waals surface area contributed by atoms with Crippen LogP contribution in [0.4, 0.5) is 5.69 Å². The molecule has 1 amide bonds. The SMILES string of the molecule is O=C([O-])[C@H]1[C@H]2C(=O)N3c4ccccc4CO[C@H]3[C@]23C=C[C@H]1O3. The van der Waals surface area contributed by atoms with Crippen molar-refractivity contribution in [3.05, 3.63) is 42.0 Å². The molecular weight excluding hydrogens is 286 g/mol. The second kappa shape index (κ2) is 3.77. The molecule has 22 heavy (non-hydrogen) atoms. The Morgan fingerprint density at radius 2 is 2.18 bits per heavy atom. The highest BCUT2D eigenvalue weighted by molar-refractivity contribution is 6.03. The second-order valence-corrected chi connectivity index (χ2v) is 6.12. The minimum absolute atomic E-state index is 0.266. The number of amides is 1. The monoisotopic (exact) mass is 298 g/mol. The zero-order valence-electron chi connectivity index (χ0n) is 11.5. The van der Waals surface area contributed by atoms with Crippen LogP contribution in [0, 0.1) is 11.8 Å². The number of rotatable bonds is 1. The van der Waals surface area contributed by atoms with Crippen molar-refractivity contribution in [1.82, 2.24) is 0 Å². The molecule has 0 saturated carbocycles. The van der Waals surface area contributed by atoms with Crippen molar-refractivity contribution in [2.75, 3.05) is 4.90 Å². The van der Waals surface area contributed by atoms with Gasteiger partial charge in [0.15, 0.2) is 6.23 Å². The lowest BCUT2D eigenvalue weighted by molar-refractivity contribution is -0.313. The number of ether oxygens (including phenoxy) is 2. The van der Waals surface area contributed by atoms with Gasteiger partial charge in [-0.05, 0) is 12.1 Å². The Balaban J connectivity index is 1.69. The van der Waals surface area contributed by atoms with E-state index < -0.39 is 35.7 Å². The normalized spacial score (nSPS) is 40.5. The number of carboxylic acids is 1. The molecule has 0 radical (unpaired) electrons. The molecule has 2 saturated heterocycles. The van der Waals surface area contributed by atoms with Gasteiger partial charge in [-0.15, -0.1) is 0 Å². The van der Waals surface area contributed by atoms with E-state index in [4.69, 9.17) is 9.47 Å². The van der Waals surface area contributed by atoms with Gasteiger partial charge in [0, 0.05) is 17.5 Å². The molecule has 4 aliphatic rings. The molecule has 0 aromatic heterocycles. The Hall–Kier alpha value is -2.18. The maximum Gasteiger partial charge on any atom is 0.236 e. The summed E-state index contributed by atoms with van der Waals surface area (Å²) < 4.78 is 11.8. The van der Waals surface area contributed by atoms with Crippen LogP contribution in [0.5, 0.6) is 0 Å².